The number of aliphatic hydroxyl groups is 2. The molecule has 0 saturated carbocycles. The predicted molar refractivity (Wildman–Crippen MR) is 199 cm³/mol. The van der Waals surface area contributed by atoms with Crippen LogP contribution in [0.3, 0.4) is 0 Å². The summed E-state index contributed by atoms with van der Waals surface area (Å²) in [5.41, 5.74) is 3.80. The molecule has 51 heavy (non-hydrogen) atoms. The second kappa shape index (κ2) is 18.6. The highest BCUT2D eigenvalue weighted by molar-refractivity contribution is 5.77. The predicted octanol–water partition coefficient (Wildman–Crippen LogP) is 5.47. The molecule has 5 rings (SSSR count). The largest absolute Gasteiger partial charge is 0.492 e. The summed E-state index contributed by atoms with van der Waals surface area (Å²) in [6.45, 7) is 11.0. The molecular formula is C42H57N3O6. The van der Waals surface area contributed by atoms with E-state index in [4.69, 9.17) is 9.47 Å². The molecule has 2 amide bonds. The molecule has 1 aliphatic heterocycles. The lowest BCUT2D eigenvalue weighted by Gasteiger charge is -2.32. The van der Waals surface area contributed by atoms with E-state index < -0.39 is 18.2 Å². The Labute approximate surface area is 304 Å². The number of carbonyl (C=O) groups excluding carboxylic acids is 2. The van der Waals surface area contributed by atoms with Gasteiger partial charge in [0.1, 0.15) is 12.4 Å². The van der Waals surface area contributed by atoms with Gasteiger partial charge in [0.15, 0.2) is 0 Å². The summed E-state index contributed by atoms with van der Waals surface area (Å²) < 4.78 is 11.4. The summed E-state index contributed by atoms with van der Waals surface area (Å²) in [5.74, 6) is 0.577. The molecule has 9 nitrogen and oxygen atoms in total. The number of hydrogen-bond donors (Lipinski definition) is 3. The molecule has 0 spiro atoms. The van der Waals surface area contributed by atoms with Gasteiger partial charge >= 0.3 is 0 Å². The van der Waals surface area contributed by atoms with Crippen molar-refractivity contribution >= 4 is 11.8 Å². The van der Waals surface area contributed by atoms with Gasteiger partial charge in [-0.05, 0) is 86.8 Å². The van der Waals surface area contributed by atoms with E-state index in [1.165, 1.54) is 0 Å². The summed E-state index contributed by atoms with van der Waals surface area (Å²) in [7, 11) is 0. The fraction of sp³-hybridized carbons (Fsp3) is 0.524. The van der Waals surface area contributed by atoms with Gasteiger partial charge in [-0.15, -0.1) is 0 Å². The molecule has 1 saturated heterocycles. The van der Waals surface area contributed by atoms with E-state index in [-0.39, 0.29) is 29.7 Å². The van der Waals surface area contributed by atoms with Crippen LogP contribution in [0.1, 0.15) is 81.2 Å². The quantitative estimate of drug-likeness (QED) is 0.172. The van der Waals surface area contributed by atoms with Gasteiger partial charge in [-0.2, -0.15) is 0 Å². The molecular weight excluding hydrogens is 642 g/mol. The average Bonchev–Trinajstić information content (AvgIpc) is 3.45. The van der Waals surface area contributed by atoms with Gasteiger partial charge in [0.05, 0.1) is 31.5 Å². The molecule has 4 atom stereocenters. The van der Waals surface area contributed by atoms with Crippen LogP contribution in [0.2, 0.25) is 0 Å². The van der Waals surface area contributed by atoms with E-state index in [0.29, 0.717) is 51.7 Å². The van der Waals surface area contributed by atoms with Gasteiger partial charge < -0.3 is 29.9 Å². The van der Waals surface area contributed by atoms with Gasteiger partial charge in [0.2, 0.25) is 11.8 Å². The minimum absolute atomic E-state index is 0.0263. The third-order valence-corrected chi connectivity index (χ3v) is 9.91. The maximum atomic E-state index is 14.1. The summed E-state index contributed by atoms with van der Waals surface area (Å²) >= 11 is 0. The molecule has 1 aliphatic carbocycles. The van der Waals surface area contributed by atoms with Crippen LogP contribution in [0.15, 0.2) is 78.9 Å². The van der Waals surface area contributed by atoms with E-state index in [0.717, 1.165) is 60.9 Å². The Morgan fingerprint density at radius 3 is 2.37 bits per heavy atom. The topological polar surface area (TPSA) is 112 Å². The molecule has 1 fully saturated rings. The fourth-order valence-electron chi connectivity index (χ4n) is 7.26. The Morgan fingerprint density at radius 2 is 1.65 bits per heavy atom. The van der Waals surface area contributed by atoms with Crippen molar-refractivity contribution in [2.45, 2.75) is 96.1 Å². The summed E-state index contributed by atoms with van der Waals surface area (Å²) in [6, 6.07) is 25.4. The number of amides is 2. The summed E-state index contributed by atoms with van der Waals surface area (Å²) in [5, 5.41) is 25.7. The molecule has 0 unspecified atom stereocenters. The van der Waals surface area contributed by atoms with E-state index in [9.17, 15) is 19.8 Å². The highest BCUT2D eigenvalue weighted by atomic mass is 16.5. The van der Waals surface area contributed by atoms with Crippen molar-refractivity contribution in [1.29, 1.82) is 0 Å². The number of benzene rings is 3. The minimum Gasteiger partial charge on any atom is -0.492 e. The Bertz CT molecular complexity index is 1520. The van der Waals surface area contributed by atoms with Crippen LogP contribution in [0.4, 0.5) is 0 Å². The number of hydrogen-bond acceptors (Lipinski definition) is 7. The van der Waals surface area contributed by atoms with Crippen LogP contribution in [-0.4, -0.2) is 89.0 Å². The lowest BCUT2D eigenvalue weighted by Crippen LogP contribution is -2.41. The molecule has 9 heteroatoms. The highest BCUT2D eigenvalue weighted by Gasteiger charge is 2.37. The Hall–Kier alpha value is -3.76. The SMILES string of the molecule is CC(C)(C)NC(=O)CC[C@H](Cc1ccccc1)[C@@H](O)CCCC(=O)N(Cc1ccc(OCCN2CCOCC2)cc1)[C@H]1c2ccccc2C[C@H]1O. The molecule has 0 radical (unpaired) electrons. The standard InChI is InChI=1S/C42H57N3O6/c1-42(2,3)43-39(48)21-18-34(28-31-10-5-4-6-11-31)37(46)14-9-15-40(49)45(41-36-13-8-7-12-33(36)29-38(41)47)30-32-16-19-35(20-17-32)51-27-24-44-22-25-50-26-23-44/h4-8,10-13,16-17,19-20,34,37-38,41,46-47H,9,14-15,18,21-30H2,1-3H3,(H,43,48)/t34-,37+,38-,41+/m1/s1. The molecule has 2 aliphatic rings. The molecule has 1 heterocycles. The van der Waals surface area contributed by atoms with Crippen molar-refractivity contribution in [3.05, 3.63) is 101 Å². The van der Waals surface area contributed by atoms with Gasteiger partial charge in [-0.3, -0.25) is 14.5 Å². The van der Waals surface area contributed by atoms with Crippen molar-refractivity contribution in [1.82, 2.24) is 15.1 Å². The number of aliphatic hydroxyl groups excluding tert-OH is 2. The van der Waals surface area contributed by atoms with Crippen LogP contribution in [0.25, 0.3) is 0 Å². The molecule has 3 aromatic carbocycles. The first kappa shape index (κ1) is 38.5. The second-order valence-corrected chi connectivity index (χ2v) is 15.1. The summed E-state index contributed by atoms with van der Waals surface area (Å²) in [4.78, 5) is 30.9. The zero-order valence-corrected chi connectivity index (χ0v) is 30.6. The van der Waals surface area contributed by atoms with Crippen molar-refractivity contribution in [2.75, 3.05) is 39.5 Å². The number of nitrogens with one attached hydrogen (secondary N) is 1. The number of rotatable bonds is 17. The molecule has 276 valence electrons. The van der Waals surface area contributed by atoms with Crippen molar-refractivity contribution in [3.63, 3.8) is 0 Å². The number of fused-ring (bicyclic) bond motifs is 1. The Kier molecular flexibility index (Phi) is 14.1. The van der Waals surface area contributed by atoms with Crippen LogP contribution in [0.5, 0.6) is 5.75 Å². The normalized spacial score (nSPS) is 18.8. The van der Waals surface area contributed by atoms with E-state index >= 15 is 0 Å². The minimum atomic E-state index is -0.700. The Morgan fingerprint density at radius 1 is 0.941 bits per heavy atom. The van der Waals surface area contributed by atoms with Crippen molar-refractivity contribution in [3.8, 4) is 5.75 Å². The first-order valence-corrected chi connectivity index (χ1v) is 18.7. The zero-order chi connectivity index (χ0) is 36.2. The maximum absolute atomic E-state index is 14.1. The van der Waals surface area contributed by atoms with Gasteiger partial charge in [0.25, 0.3) is 0 Å². The summed E-state index contributed by atoms with van der Waals surface area (Å²) in [6.07, 6.45) is 1.86. The van der Waals surface area contributed by atoms with Crippen LogP contribution < -0.4 is 10.1 Å². The molecule has 3 aromatic rings. The van der Waals surface area contributed by atoms with E-state index in [1.807, 2.05) is 105 Å². The number of carbonyl (C=O) groups is 2. The van der Waals surface area contributed by atoms with Crippen LogP contribution >= 0.6 is 0 Å². The lowest BCUT2D eigenvalue weighted by atomic mass is 9.87. The average molecular weight is 700 g/mol. The first-order chi connectivity index (χ1) is 24.6. The molecule has 0 bridgehead atoms. The van der Waals surface area contributed by atoms with Crippen molar-refractivity contribution < 1.29 is 29.3 Å². The third kappa shape index (κ3) is 11.9. The van der Waals surface area contributed by atoms with Crippen LogP contribution in [-0.2, 0) is 33.7 Å². The maximum Gasteiger partial charge on any atom is 0.223 e. The smallest absolute Gasteiger partial charge is 0.223 e. The fourth-order valence-corrected chi connectivity index (χ4v) is 7.26. The van der Waals surface area contributed by atoms with Crippen molar-refractivity contribution in [2.24, 2.45) is 5.92 Å². The van der Waals surface area contributed by atoms with E-state index in [1.54, 1.807) is 0 Å². The Balaban J connectivity index is 1.22. The van der Waals surface area contributed by atoms with Gasteiger partial charge in [0, 0.05) is 51.0 Å². The highest BCUT2D eigenvalue weighted by Crippen LogP contribution is 2.37. The monoisotopic (exact) mass is 699 g/mol. The van der Waals surface area contributed by atoms with Crippen LogP contribution in [0, 0.1) is 5.92 Å². The number of ether oxygens (including phenoxy) is 2. The van der Waals surface area contributed by atoms with Gasteiger partial charge in [-0.1, -0.05) is 66.7 Å². The second-order valence-electron chi connectivity index (χ2n) is 15.1. The number of morpholine rings is 1. The van der Waals surface area contributed by atoms with Gasteiger partial charge in [-0.25, -0.2) is 0 Å². The lowest BCUT2D eigenvalue weighted by molar-refractivity contribution is -0.137. The zero-order valence-electron chi connectivity index (χ0n) is 30.6. The molecule has 0 aromatic heterocycles. The third-order valence-electron chi connectivity index (χ3n) is 9.91. The van der Waals surface area contributed by atoms with E-state index in [2.05, 4.69) is 10.2 Å². The molecule has 3 N–H and O–H groups in total. The number of nitrogens with zero attached hydrogens (tertiary/aromatic N) is 2. The first-order valence-electron chi connectivity index (χ1n) is 18.7.